The lowest BCUT2D eigenvalue weighted by atomic mass is 9.94. The summed E-state index contributed by atoms with van der Waals surface area (Å²) >= 11 is 15.6. The zero-order chi connectivity index (χ0) is 26.9. The summed E-state index contributed by atoms with van der Waals surface area (Å²) in [5, 5.41) is 4.41. The molecule has 0 heterocycles. The Bertz CT molecular complexity index is 1220. The molecule has 0 aromatic heterocycles. The first-order valence-corrected chi connectivity index (χ1v) is 14.4. The van der Waals surface area contributed by atoms with Gasteiger partial charge in [0.25, 0.3) is 5.91 Å². The Balaban J connectivity index is 1.61. The maximum Gasteiger partial charge on any atom is 0.261 e. The molecule has 0 bridgehead atoms. The zero-order valence-corrected chi connectivity index (χ0v) is 24.1. The van der Waals surface area contributed by atoms with Crippen LogP contribution in [0.5, 0.6) is 5.75 Å². The molecule has 1 saturated carbocycles. The first kappa shape index (κ1) is 28.5. The average Bonchev–Trinajstić information content (AvgIpc) is 2.92. The third kappa shape index (κ3) is 8.23. The van der Waals surface area contributed by atoms with Crippen molar-refractivity contribution in [1.29, 1.82) is 0 Å². The van der Waals surface area contributed by atoms with E-state index in [0.717, 1.165) is 36.8 Å². The summed E-state index contributed by atoms with van der Waals surface area (Å²) < 4.78 is 6.52. The monoisotopic (exact) mass is 616 g/mol. The highest BCUT2D eigenvalue weighted by molar-refractivity contribution is 9.10. The molecule has 1 aliphatic carbocycles. The van der Waals surface area contributed by atoms with Gasteiger partial charge in [0.2, 0.25) is 5.91 Å². The molecule has 0 spiro atoms. The van der Waals surface area contributed by atoms with E-state index in [1.54, 1.807) is 35.2 Å². The lowest BCUT2D eigenvalue weighted by molar-refractivity contribution is -0.143. The van der Waals surface area contributed by atoms with E-state index in [2.05, 4.69) is 21.2 Å². The van der Waals surface area contributed by atoms with E-state index in [4.69, 9.17) is 27.9 Å². The van der Waals surface area contributed by atoms with Crippen molar-refractivity contribution >= 4 is 50.9 Å². The molecular weight excluding hydrogens is 587 g/mol. The SMILES string of the molecule is O=C(NC1CCCCC1)C(Cc1ccccc1)N(Cc1ccc(Cl)cc1)C(=O)COc1ccc(Cl)cc1Br. The number of rotatable bonds is 10. The predicted molar refractivity (Wildman–Crippen MR) is 156 cm³/mol. The van der Waals surface area contributed by atoms with E-state index >= 15 is 0 Å². The molecule has 3 aromatic rings. The number of nitrogens with one attached hydrogen (secondary N) is 1. The van der Waals surface area contributed by atoms with Crippen LogP contribution in [0.25, 0.3) is 0 Å². The van der Waals surface area contributed by atoms with Gasteiger partial charge in [0, 0.05) is 29.1 Å². The minimum absolute atomic E-state index is 0.128. The third-order valence-corrected chi connectivity index (χ3v) is 7.84. The van der Waals surface area contributed by atoms with Crippen LogP contribution < -0.4 is 10.1 Å². The number of nitrogens with zero attached hydrogens (tertiary/aromatic N) is 1. The molecule has 1 fully saturated rings. The quantitative estimate of drug-likeness (QED) is 0.261. The fourth-order valence-electron chi connectivity index (χ4n) is 4.70. The number of hydrogen-bond acceptors (Lipinski definition) is 3. The first-order valence-electron chi connectivity index (χ1n) is 12.8. The van der Waals surface area contributed by atoms with Crippen molar-refractivity contribution in [1.82, 2.24) is 10.2 Å². The van der Waals surface area contributed by atoms with E-state index in [1.807, 2.05) is 42.5 Å². The van der Waals surface area contributed by atoms with Crippen molar-refractivity contribution in [3.05, 3.63) is 98.4 Å². The Labute approximate surface area is 242 Å². The molecule has 1 N–H and O–H groups in total. The van der Waals surface area contributed by atoms with Gasteiger partial charge in [0.1, 0.15) is 11.8 Å². The average molecular weight is 618 g/mol. The van der Waals surface area contributed by atoms with Gasteiger partial charge in [-0.05, 0) is 70.2 Å². The summed E-state index contributed by atoms with van der Waals surface area (Å²) in [6.07, 6.45) is 5.71. The molecule has 0 aliphatic heterocycles. The number of amides is 2. The van der Waals surface area contributed by atoms with Gasteiger partial charge in [-0.25, -0.2) is 0 Å². The van der Waals surface area contributed by atoms with Crippen molar-refractivity contribution < 1.29 is 14.3 Å². The van der Waals surface area contributed by atoms with E-state index < -0.39 is 6.04 Å². The zero-order valence-electron chi connectivity index (χ0n) is 21.0. The van der Waals surface area contributed by atoms with Crippen LogP contribution in [0.2, 0.25) is 10.0 Å². The van der Waals surface area contributed by atoms with Crippen molar-refractivity contribution in [3.63, 3.8) is 0 Å². The lowest BCUT2D eigenvalue weighted by Gasteiger charge is -2.33. The van der Waals surface area contributed by atoms with Gasteiger partial charge in [-0.3, -0.25) is 9.59 Å². The second-order valence-corrected chi connectivity index (χ2v) is 11.3. The molecule has 2 amide bonds. The topological polar surface area (TPSA) is 58.6 Å². The van der Waals surface area contributed by atoms with Gasteiger partial charge in [-0.2, -0.15) is 0 Å². The molecule has 1 aliphatic rings. The summed E-state index contributed by atoms with van der Waals surface area (Å²) in [6.45, 7) is 0.0204. The van der Waals surface area contributed by atoms with Gasteiger partial charge in [-0.1, -0.05) is 84.9 Å². The fraction of sp³-hybridized carbons (Fsp3) is 0.333. The predicted octanol–water partition coefficient (Wildman–Crippen LogP) is 7.22. The molecule has 38 heavy (non-hydrogen) atoms. The molecule has 3 aromatic carbocycles. The van der Waals surface area contributed by atoms with Crippen LogP contribution >= 0.6 is 39.1 Å². The van der Waals surface area contributed by atoms with E-state index in [1.165, 1.54) is 6.42 Å². The second kappa shape index (κ2) is 14.0. The van der Waals surface area contributed by atoms with Crippen LogP contribution in [0.3, 0.4) is 0 Å². The Morgan fingerprint density at radius 2 is 1.61 bits per heavy atom. The summed E-state index contributed by atoms with van der Waals surface area (Å²) in [7, 11) is 0. The van der Waals surface area contributed by atoms with Crippen LogP contribution in [0, 0.1) is 0 Å². The summed E-state index contributed by atoms with van der Waals surface area (Å²) in [6, 6.07) is 21.6. The molecular formula is C30H31BrCl2N2O3. The van der Waals surface area contributed by atoms with Crippen molar-refractivity contribution in [2.45, 2.75) is 57.2 Å². The highest BCUT2D eigenvalue weighted by Crippen LogP contribution is 2.28. The molecule has 5 nitrogen and oxygen atoms in total. The van der Waals surface area contributed by atoms with Gasteiger partial charge < -0.3 is 15.0 Å². The lowest BCUT2D eigenvalue weighted by Crippen LogP contribution is -2.53. The standard InChI is InChI=1S/C30H31BrCl2N2O3/c31-26-18-24(33)15-16-28(26)38-20-29(36)35(19-22-11-13-23(32)14-12-22)27(17-21-7-3-1-4-8-21)30(37)34-25-9-5-2-6-10-25/h1,3-4,7-8,11-16,18,25,27H,2,5-6,9-10,17,19-20H2,(H,34,37). The maximum atomic E-state index is 13.8. The Morgan fingerprint density at radius 1 is 0.921 bits per heavy atom. The molecule has 1 atom stereocenters. The van der Waals surface area contributed by atoms with Crippen molar-refractivity contribution in [3.8, 4) is 5.75 Å². The number of halogens is 3. The maximum absolute atomic E-state index is 13.8. The molecule has 200 valence electrons. The Hall–Kier alpha value is -2.54. The third-order valence-electron chi connectivity index (χ3n) is 6.73. The normalized spacial score (nSPS) is 14.5. The van der Waals surface area contributed by atoms with Gasteiger partial charge in [-0.15, -0.1) is 0 Å². The van der Waals surface area contributed by atoms with Crippen LogP contribution in [0.15, 0.2) is 77.3 Å². The van der Waals surface area contributed by atoms with Crippen LogP contribution in [0.1, 0.15) is 43.2 Å². The summed E-state index contributed by atoms with van der Waals surface area (Å²) in [5.74, 6) is 0.0673. The largest absolute Gasteiger partial charge is 0.483 e. The minimum atomic E-state index is -0.709. The van der Waals surface area contributed by atoms with Gasteiger partial charge >= 0.3 is 0 Å². The van der Waals surface area contributed by atoms with Crippen molar-refractivity contribution in [2.75, 3.05) is 6.61 Å². The Morgan fingerprint density at radius 3 is 2.29 bits per heavy atom. The highest BCUT2D eigenvalue weighted by atomic mass is 79.9. The van der Waals surface area contributed by atoms with Gasteiger partial charge in [0.05, 0.1) is 4.47 Å². The number of hydrogen-bond donors (Lipinski definition) is 1. The van der Waals surface area contributed by atoms with Gasteiger partial charge in [0.15, 0.2) is 6.61 Å². The Kier molecular flexibility index (Phi) is 10.5. The fourth-order valence-corrected chi connectivity index (χ4v) is 5.62. The number of ether oxygens (including phenoxy) is 1. The number of carbonyl (C=O) groups excluding carboxylic acids is 2. The van der Waals surface area contributed by atoms with Crippen molar-refractivity contribution in [2.24, 2.45) is 0 Å². The van der Waals surface area contributed by atoms with E-state index in [-0.39, 0.29) is 31.0 Å². The second-order valence-electron chi connectivity index (χ2n) is 9.56. The summed E-state index contributed by atoms with van der Waals surface area (Å²) in [5.41, 5.74) is 1.85. The number of benzene rings is 3. The molecule has 1 unspecified atom stereocenters. The van der Waals surface area contributed by atoms with Crippen LogP contribution in [-0.2, 0) is 22.6 Å². The van der Waals surface area contributed by atoms with Crippen LogP contribution in [0.4, 0.5) is 0 Å². The molecule has 4 rings (SSSR count). The smallest absolute Gasteiger partial charge is 0.261 e. The van der Waals surface area contributed by atoms with Crippen LogP contribution in [-0.4, -0.2) is 35.4 Å². The van der Waals surface area contributed by atoms with E-state index in [0.29, 0.717) is 26.7 Å². The highest BCUT2D eigenvalue weighted by Gasteiger charge is 2.32. The minimum Gasteiger partial charge on any atom is -0.483 e. The molecule has 8 heteroatoms. The number of carbonyl (C=O) groups is 2. The van der Waals surface area contributed by atoms with E-state index in [9.17, 15) is 9.59 Å². The molecule has 0 radical (unpaired) electrons. The molecule has 0 saturated heterocycles. The summed E-state index contributed by atoms with van der Waals surface area (Å²) in [4.78, 5) is 29.2. The first-order chi connectivity index (χ1) is 18.4.